The third-order valence-electron chi connectivity index (χ3n) is 9.79. The summed E-state index contributed by atoms with van der Waals surface area (Å²) in [6.45, 7) is 4.88. The molecule has 9 atom stereocenters. The van der Waals surface area contributed by atoms with E-state index in [1.165, 1.54) is 25.7 Å². The molecule has 0 spiro atoms. The molecule has 0 aromatic carbocycles. The Bertz CT molecular complexity index is 577. The van der Waals surface area contributed by atoms with Gasteiger partial charge >= 0.3 is 5.97 Å². The lowest BCUT2D eigenvalue weighted by molar-refractivity contribution is -0.171. The molecule has 4 heteroatoms. The zero-order valence-corrected chi connectivity index (χ0v) is 17.1. The maximum Gasteiger partial charge on any atom is 0.303 e. The Morgan fingerprint density at radius 2 is 1.63 bits per heavy atom. The van der Waals surface area contributed by atoms with Crippen molar-refractivity contribution in [2.24, 2.45) is 40.4 Å². The Morgan fingerprint density at radius 1 is 0.926 bits per heavy atom. The molecule has 4 aliphatic rings. The van der Waals surface area contributed by atoms with Gasteiger partial charge in [-0.05, 0) is 105 Å². The van der Waals surface area contributed by atoms with E-state index in [1.54, 1.807) is 0 Å². The highest BCUT2D eigenvalue weighted by Gasteiger charge is 2.61. The van der Waals surface area contributed by atoms with Gasteiger partial charge in [-0.1, -0.05) is 13.8 Å². The van der Waals surface area contributed by atoms with Crippen molar-refractivity contribution in [1.82, 2.24) is 0 Å². The lowest BCUT2D eigenvalue weighted by Gasteiger charge is -2.62. The maximum absolute atomic E-state index is 11.0. The molecule has 154 valence electrons. The van der Waals surface area contributed by atoms with E-state index in [9.17, 15) is 15.0 Å². The summed E-state index contributed by atoms with van der Waals surface area (Å²) in [6, 6.07) is 0. The molecule has 4 fully saturated rings. The number of hydrogen-bond acceptors (Lipinski definition) is 3. The zero-order valence-electron chi connectivity index (χ0n) is 17.1. The van der Waals surface area contributed by atoms with Gasteiger partial charge in [0.15, 0.2) is 0 Å². The van der Waals surface area contributed by atoms with E-state index in [0.29, 0.717) is 35.5 Å². The molecule has 0 amide bonds. The predicted octanol–water partition coefficient (Wildman–Crippen LogP) is 4.23. The second kappa shape index (κ2) is 7.02. The third-order valence-corrected chi connectivity index (χ3v) is 9.79. The van der Waals surface area contributed by atoms with E-state index in [0.717, 1.165) is 38.5 Å². The van der Waals surface area contributed by atoms with Crippen LogP contribution in [0.2, 0.25) is 0 Å². The average Bonchev–Trinajstić information content (AvgIpc) is 2.93. The normalized spacial score (nSPS) is 51.9. The van der Waals surface area contributed by atoms with Crippen LogP contribution in [0.15, 0.2) is 0 Å². The summed E-state index contributed by atoms with van der Waals surface area (Å²) in [7, 11) is 0. The van der Waals surface area contributed by atoms with E-state index in [1.807, 2.05) is 0 Å². The molecule has 4 saturated carbocycles. The highest BCUT2D eigenvalue weighted by Crippen LogP contribution is 2.67. The lowest BCUT2D eigenvalue weighted by atomic mass is 9.44. The van der Waals surface area contributed by atoms with Crippen LogP contribution in [-0.4, -0.2) is 33.5 Å². The number of hydrogen-bond donors (Lipinski definition) is 3. The minimum Gasteiger partial charge on any atom is -0.481 e. The van der Waals surface area contributed by atoms with Gasteiger partial charge in [0, 0.05) is 6.42 Å². The van der Waals surface area contributed by atoms with Crippen molar-refractivity contribution in [2.75, 3.05) is 0 Å². The highest BCUT2D eigenvalue weighted by atomic mass is 16.4. The first-order valence-corrected chi connectivity index (χ1v) is 11.3. The summed E-state index contributed by atoms with van der Waals surface area (Å²) in [5.74, 6) is 2.23. The first kappa shape index (κ1) is 19.7. The molecule has 0 saturated heterocycles. The van der Waals surface area contributed by atoms with Gasteiger partial charge in [0.05, 0.1) is 12.2 Å². The minimum atomic E-state index is -0.674. The summed E-state index contributed by atoms with van der Waals surface area (Å²) >= 11 is 0. The zero-order chi connectivity index (χ0) is 19.4. The summed E-state index contributed by atoms with van der Waals surface area (Å²) in [5.41, 5.74) is 0.515. The molecule has 0 aromatic heterocycles. The number of carboxylic acid groups (broad SMARTS) is 1. The molecule has 0 bridgehead atoms. The van der Waals surface area contributed by atoms with Gasteiger partial charge in [0.2, 0.25) is 0 Å². The van der Waals surface area contributed by atoms with Gasteiger partial charge in [-0.2, -0.15) is 0 Å². The second-order valence-electron chi connectivity index (χ2n) is 10.8. The van der Waals surface area contributed by atoms with E-state index < -0.39 is 5.97 Å². The minimum absolute atomic E-state index is 0.185. The van der Waals surface area contributed by atoms with Gasteiger partial charge in [-0.15, -0.1) is 0 Å². The summed E-state index contributed by atoms with van der Waals surface area (Å²) in [4.78, 5) is 10.9. The van der Waals surface area contributed by atoms with Crippen LogP contribution in [0.1, 0.15) is 84.5 Å². The van der Waals surface area contributed by atoms with E-state index in [-0.39, 0.29) is 23.5 Å². The lowest BCUT2D eigenvalue weighted by Crippen LogP contribution is -2.58. The van der Waals surface area contributed by atoms with Gasteiger partial charge < -0.3 is 15.3 Å². The van der Waals surface area contributed by atoms with Crippen LogP contribution in [0.25, 0.3) is 0 Å². The van der Waals surface area contributed by atoms with Crippen LogP contribution in [0, 0.1) is 40.4 Å². The van der Waals surface area contributed by atoms with Crippen LogP contribution in [0.5, 0.6) is 0 Å². The van der Waals surface area contributed by atoms with Crippen LogP contribution in [-0.2, 0) is 4.79 Å². The Labute approximate surface area is 163 Å². The number of aliphatic hydroxyl groups is 2. The summed E-state index contributed by atoms with van der Waals surface area (Å²) in [5, 5.41) is 30.2. The molecule has 4 nitrogen and oxygen atoms in total. The molecule has 0 radical (unpaired) electrons. The second-order valence-corrected chi connectivity index (χ2v) is 10.8. The quantitative estimate of drug-likeness (QED) is 0.684. The molecular weight excluding hydrogens is 340 g/mol. The first-order chi connectivity index (χ1) is 12.8. The summed E-state index contributed by atoms with van der Waals surface area (Å²) in [6.07, 6.45) is 10.3. The van der Waals surface area contributed by atoms with Gasteiger partial charge in [0.25, 0.3) is 0 Å². The number of carboxylic acids is 1. The number of aliphatic hydroxyl groups excluding tert-OH is 2. The first-order valence-electron chi connectivity index (χ1n) is 11.3. The molecular formula is C23H38O4. The van der Waals surface area contributed by atoms with Crippen molar-refractivity contribution in [1.29, 1.82) is 0 Å². The van der Waals surface area contributed by atoms with Crippen molar-refractivity contribution in [3.63, 3.8) is 0 Å². The number of rotatable bonds is 4. The largest absolute Gasteiger partial charge is 0.481 e. The topological polar surface area (TPSA) is 77.8 Å². The summed E-state index contributed by atoms with van der Waals surface area (Å²) < 4.78 is 0. The molecule has 0 aromatic rings. The SMILES string of the molecule is C[C@]12CC[C@@H](O)C[C@H]1[C@@H](O)C[C@@H]1[C@@H]2CC[C@]2(C)[C@@H](CCCC(=O)O)CC[C@@H]12. The van der Waals surface area contributed by atoms with Crippen LogP contribution in [0.4, 0.5) is 0 Å². The maximum atomic E-state index is 11.0. The molecule has 27 heavy (non-hydrogen) atoms. The fourth-order valence-electron chi connectivity index (χ4n) is 8.36. The van der Waals surface area contributed by atoms with Crippen molar-refractivity contribution in [3.8, 4) is 0 Å². The van der Waals surface area contributed by atoms with Gasteiger partial charge in [-0.25, -0.2) is 0 Å². The number of aliphatic carboxylic acids is 1. The molecule has 4 aliphatic carbocycles. The molecule has 0 aliphatic heterocycles. The Morgan fingerprint density at radius 3 is 2.37 bits per heavy atom. The smallest absolute Gasteiger partial charge is 0.303 e. The van der Waals surface area contributed by atoms with Crippen LogP contribution in [0.3, 0.4) is 0 Å². The van der Waals surface area contributed by atoms with E-state index in [4.69, 9.17) is 5.11 Å². The molecule has 0 heterocycles. The van der Waals surface area contributed by atoms with Crippen molar-refractivity contribution < 1.29 is 20.1 Å². The van der Waals surface area contributed by atoms with Gasteiger partial charge in [-0.3, -0.25) is 4.79 Å². The monoisotopic (exact) mass is 378 g/mol. The Kier molecular flexibility index (Phi) is 5.12. The van der Waals surface area contributed by atoms with Crippen LogP contribution < -0.4 is 0 Å². The van der Waals surface area contributed by atoms with E-state index in [2.05, 4.69) is 13.8 Å². The van der Waals surface area contributed by atoms with Crippen molar-refractivity contribution >= 4 is 5.97 Å². The Balaban J connectivity index is 1.52. The average molecular weight is 379 g/mol. The molecule has 3 N–H and O–H groups in total. The van der Waals surface area contributed by atoms with Crippen LogP contribution >= 0.6 is 0 Å². The number of fused-ring (bicyclic) bond motifs is 5. The van der Waals surface area contributed by atoms with Crippen molar-refractivity contribution in [3.05, 3.63) is 0 Å². The highest BCUT2D eigenvalue weighted by molar-refractivity contribution is 5.66. The fraction of sp³-hybridized carbons (Fsp3) is 0.957. The predicted molar refractivity (Wildman–Crippen MR) is 104 cm³/mol. The Hall–Kier alpha value is -0.610. The van der Waals surface area contributed by atoms with Gasteiger partial charge in [0.1, 0.15) is 0 Å². The van der Waals surface area contributed by atoms with E-state index >= 15 is 0 Å². The number of carbonyl (C=O) groups is 1. The standard InChI is InChI=1S/C23H38O4/c1-22-11-9-18-16(17(22)7-6-14(22)4-3-5-21(26)27)13-20(25)19-12-15(24)8-10-23(18,19)2/h14-20,24-25H,3-13H2,1-2H3,(H,26,27)/t14-,15+,16-,17-,18-,19-,20-,22+,23+/m0/s1. The van der Waals surface area contributed by atoms with Crippen molar-refractivity contribution in [2.45, 2.75) is 96.7 Å². The molecule has 0 unspecified atom stereocenters. The molecule has 4 rings (SSSR count). The fourth-order valence-corrected chi connectivity index (χ4v) is 8.36. The third kappa shape index (κ3) is 3.15.